The zero-order valence-corrected chi connectivity index (χ0v) is 14.4. The van der Waals surface area contributed by atoms with E-state index in [2.05, 4.69) is 30.6 Å². The molecule has 19 heavy (non-hydrogen) atoms. The molecule has 1 heterocycles. The summed E-state index contributed by atoms with van der Waals surface area (Å²) < 4.78 is 2.01. The molecule has 1 rings (SSSR count). The summed E-state index contributed by atoms with van der Waals surface area (Å²) >= 11 is 6.42. The van der Waals surface area contributed by atoms with Gasteiger partial charge in [0, 0.05) is 11.0 Å². The first kappa shape index (κ1) is 17.1. The van der Waals surface area contributed by atoms with Crippen molar-refractivity contribution < 1.29 is 4.79 Å². The third kappa shape index (κ3) is 6.83. The van der Waals surface area contributed by atoms with Crippen LogP contribution in [0.3, 0.4) is 0 Å². The smallest absolute Gasteiger partial charge is 0.211 e. The van der Waals surface area contributed by atoms with Gasteiger partial charge in [-0.3, -0.25) is 4.79 Å². The summed E-state index contributed by atoms with van der Waals surface area (Å²) in [5, 5.41) is 8.67. The second-order valence-corrected chi connectivity index (χ2v) is 8.69. The topological polar surface area (TPSA) is 42.9 Å². The van der Waals surface area contributed by atoms with Gasteiger partial charge in [-0.2, -0.15) is 0 Å². The number of rotatable bonds is 9. The first-order valence-corrected chi connectivity index (χ1v) is 9.78. The maximum atomic E-state index is 11.4. The molecule has 1 atom stereocenters. The molecule has 0 saturated carbocycles. The quantitative estimate of drug-likeness (QED) is 0.494. The zero-order chi connectivity index (χ0) is 14.1. The van der Waals surface area contributed by atoms with Crippen molar-refractivity contribution in [1.82, 2.24) is 10.2 Å². The Hall–Kier alpha value is 0.0200. The van der Waals surface area contributed by atoms with Gasteiger partial charge in [-0.05, 0) is 18.2 Å². The molecule has 0 saturated heterocycles. The molecular formula is C12H18N2OS4. The number of carbonyl (C=O) groups is 1. The normalized spacial score (nSPS) is 12.3. The van der Waals surface area contributed by atoms with Gasteiger partial charge in [-0.15, -0.1) is 10.2 Å². The fraction of sp³-hybridized carbons (Fsp3) is 0.583. The molecule has 0 bridgehead atoms. The van der Waals surface area contributed by atoms with Crippen LogP contribution in [0.1, 0.15) is 26.7 Å². The Bertz CT molecular complexity index is 408. The average Bonchev–Trinajstić information content (AvgIpc) is 2.84. The van der Waals surface area contributed by atoms with Crippen LogP contribution in [0.4, 0.5) is 0 Å². The van der Waals surface area contributed by atoms with Gasteiger partial charge in [-0.1, -0.05) is 73.5 Å². The van der Waals surface area contributed by atoms with Gasteiger partial charge in [-0.25, -0.2) is 0 Å². The summed E-state index contributed by atoms with van der Waals surface area (Å²) in [6.07, 6.45) is 3.50. The second-order valence-electron chi connectivity index (χ2n) is 3.63. The molecule has 1 aromatic heterocycles. The molecule has 0 fully saturated rings. The lowest BCUT2D eigenvalue weighted by atomic mass is 10.3. The molecule has 0 spiro atoms. The molecule has 3 nitrogen and oxygen atoms in total. The van der Waals surface area contributed by atoms with E-state index in [1.54, 1.807) is 34.9 Å². The Morgan fingerprint density at radius 2 is 2.05 bits per heavy atom. The van der Waals surface area contributed by atoms with E-state index < -0.39 is 0 Å². The van der Waals surface area contributed by atoms with Crippen LogP contribution < -0.4 is 0 Å². The van der Waals surface area contributed by atoms with E-state index in [0.717, 1.165) is 33.0 Å². The Morgan fingerprint density at radius 1 is 1.37 bits per heavy atom. The molecule has 0 aliphatic carbocycles. The minimum atomic E-state index is 0.0542. The van der Waals surface area contributed by atoms with Gasteiger partial charge in [0.05, 0.1) is 0 Å². The molecule has 0 aliphatic heterocycles. The highest BCUT2D eigenvalue weighted by molar-refractivity contribution is 8.15. The van der Waals surface area contributed by atoms with Crippen LogP contribution in [0, 0.1) is 0 Å². The summed E-state index contributed by atoms with van der Waals surface area (Å²) in [7, 11) is 0. The number of hydrogen-bond acceptors (Lipinski definition) is 7. The van der Waals surface area contributed by atoms with Crippen LogP contribution in [-0.2, 0) is 4.79 Å². The predicted octanol–water partition coefficient (Wildman–Crippen LogP) is 4.36. The lowest BCUT2D eigenvalue weighted by Gasteiger charge is -2.11. The lowest BCUT2D eigenvalue weighted by Crippen LogP contribution is -2.08. The number of carbonyl (C=O) groups excluding carboxylic acids is 1. The molecule has 7 heteroatoms. The van der Waals surface area contributed by atoms with Crippen molar-refractivity contribution in [2.24, 2.45) is 0 Å². The van der Waals surface area contributed by atoms with Crippen LogP contribution in [-0.4, -0.2) is 32.1 Å². The highest BCUT2D eigenvalue weighted by atomic mass is 32.2. The minimum Gasteiger partial charge on any atom is -0.282 e. The highest BCUT2D eigenvalue weighted by Crippen LogP contribution is 2.31. The Labute approximate surface area is 131 Å². The summed E-state index contributed by atoms with van der Waals surface area (Å²) in [6.45, 7) is 7.76. The summed E-state index contributed by atoms with van der Waals surface area (Å²) in [5.74, 6) is 1.91. The summed E-state index contributed by atoms with van der Waals surface area (Å²) in [4.78, 5) is 11.4. The Balaban J connectivity index is 2.45. The highest BCUT2D eigenvalue weighted by Gasteiger charge is 2.14. The van der Waals surface area contributed by atoms with Crippen molar-refractivity contribution in [3.8, 4) is 0 Å². The molecule has 0 radical (unpaired) electrons. The van der Waals surface area contributed by atoms with Crippen molar-refractivity contribution in [2.45, 2.75) is 40.6 Å². The van der Waals surface area contributed by atoms with Crippen LogP contribution >= 0.6 is 46.6 Å². The lowest BCUT2D eigenvalue weighted by molar-refractivity contribution is -0.107. The van der Waals surface area contributed by atoms with E-state index >= 15 is 0 Å². The number of hydrogen-bond donors (Lipinski definition) is 0. The zero-order valence-electron chi connectivity index (χ0n) is 11.1. The van der Waals surface area contributed by atoms with Gasteiger partial charge in [0.25, 0.3) is 0 Å². The fourth-order valence-corrected chi connectivity index (χ4v) is 5.48. The molecule has 0 N–H and O–H groups in total. The molecule has 0 aromatic carbocycles. The van der Waals surface area contributed by atoms with Gasteiger partial charge < -0.3 is 0 Å². The fourth-order valence-electron chi connectivity index (χ4n) is 1.31. The average molecular weight is 335 g/mol. The molecule has 1 aromatic rings. The van der Waals surface area contributed by atoms with Crippen LogP contribution in [0.25, 0.3) is 0 Å². The van der Waals surface area contributed by atoms with Crippen LogP contribution in [0.15, 0.2) is 21.3 Å². The molecule has 0 aliphatic rings. The molecule has 106 valence electrons. The molecule has 0 amide bonds. The van der Waals surface area contributed by atoms with E-state index in [0.29, 0.717) is 5.25 Å². The minimum absolute atomic E-state index is 0.0542. The van der Waals surface area contributed by atoms with E-state index in [1.165, 1.54) is 17.8 Å². The summed E-state index contributed by atoms with van der Waals surface area (Å²) in [6, 6.07) is 0. The van der Waals surface area contributed by atoms with E-state index in [1.807, 2.05) is 0 Å². The number of nitrogens with zero attached hydrogens (tertiary/aromatic N) is 2. The summed E-state index contributed by atoms with van der Waals surface area (Å²) in [5.41, 5.74) is 0. The van der Waals surface area contributed by atoms with Crippen molar-refractivity contribution in [3.63, 3.8) is 0 Å². The van der Waals surface area contributed by atoms with Crippen molar-refractivity contribution in [2.75, 3.05) is 11.5 Å². The largest absolute Gasteiger partial charge is 0.282 e. The van der Waals surface area contributed by atoms with Gasteiger partial charge >= 0.3 is 0 Å². The maximum absolute atomic E-state index is 11.4. The number of thioether (sulfide) groups is 3. The van der Waals surface area contributed by atoms with E-state index in [-0.39, 0.29) is 5.12 Å². The van der Waals surface area contributed by atoms with Gasteiger partial charge in [0.1, 0.15) is 0 Å². The van der Waals surface area contributed by atoms with E-state index in [4.69, 9.17) is 0 Å². The first-order valence-electron chi connectivity index (χ1n) is 6.11. The molecule has 1 unspecified atom stereocenters. The van der Waals surface area contributed by atoms with Crippen LogP contribution in [0.5, 0.6) is 0 Å². The monoisotopic (exact) mass is 334 g/mol. The Morgan fingerprint density at radius 3 is 2.63 bits per heavy atom. The standard InChI is InChI=1S/C12H18N2OS4/c1-4-7-9(18-10(15)5-2)8-17-12-14-13-11(19-12)16-6-3/h5,9H,2,4,6-8H2,1,3H3. The van der Waals surface area contributed by atoms with Crippen molar-refractivity contribution in [3.05, 3.63) is 12.7 Å². The third-order valence-electron chi connectivity index (χ3n) is 2.11. The predicted molar refractivity (Wildman–Crippen MR) is 88.5 cm³/mol. The SMILES string of the molecule is C=CC(=O)SC(CCC)CSc1nnc(SCC)s1. The first-order chi connectivity index (χ1) is 9.19. The number of aromatic nitrogens is 2. The van der Waals surface area contributed by atoms with Crippen LogP contribution in [0.2, 0.25) is 0 Å². The van der Waals surface area contributed by atoms with Crippen molar-refractivity contribution >= 4 is 51.7 Å². The van der Waals surface area contributed by atoms with Gasteiger partial charge in [0.15, 0.2) is 8.68 Å². The maximum Gasteiger partial charge on any atom is 0.211 e. The Kier molecular flexibility index (Phi) is 8.85. The van der Waals surface area contributed by atoms with E-state index in [9.17, 15) is 4.79 Å². The van der Waals surface area contributed by atoms with Crippen molar-refractivity contribution in [1.29, 1.82) is 0 Å². The third-order valence-corrected chi connectivity index (χ3v) is 6.69. The second kappa shape index (κ2) is 9.85. The molecular weight excluding hydrogens is 316 g/mol. The van der Waals surface area contributed by atoms with Gasteiger partial charge in [0.2, 0.25) is 5.12 Å².